The first-order valence-electron chi connectivity index (χ1n) is 7.34. The smallest absolute Gasteiger partial charge is 0.252 e. The van der Waals surface area contributed by atoms with E-state index in [-0.39, 0.29) is 11.0 Å². The van der Waals surface area contributed by atoms with Crippen molar-refractivity contribution in [2.24, 2.45) is 0 Å². The first-order valence-corrected chi connectivity index (χ1v) is 7.75. The lowest BCUT2D eigenvalue weighted by Crippen LogP contribution is -2.39. The number of benzene rings is 2. The van der Waals surface area contributed by atoms with Crippen LogP contribution in [0, 0.1) is 11.3 Å². The molecule has 2 N–H and O–H groups in total. The highest BCUT2D eigenvalue weighted by Gasteiger charge is 2.06. The standard InChI is InChI=1S/C19H17N3OS/c1-13(2)18(23)22-19(24)21-12-14-7-9-15(10-8-14)17-6-4-3-5-16(17)11-20/h3-10H,1,12H2,2H3,(H2,21,22,23,24). The van der Waals surface area contributed by atoms with E-state index in [9.17, 15) is 10.1 Å². The van der Waals surface area contributed by atoms with Crippen molar-refractivity contribution in [1.82, 2.24) is 10.6 Å². The lowest BCUT2D eigenvalue weighted by atomic mass is 9.99. The fourth-order valence-corrected chi connectivity index (χ4v) is 2.24. The number of amides is 1. The first-order chi connectivity index (χ1) is 11.5. The molecule has 0 aliphatic carbocycles. The van der Waals surface area contributed by atoms with E-state index in [0.29, 0.717) is 17.7 Å². The zero-order valence-corrected chi connectivity index (χ0v) is 14.1. The van der Waals surface area contributed by atoms with Crippen molar-refractivity contribution in [2.75, 3.05) is 0 Å². The third-order valence-electron chi connectivity index (χ3n) is 3.38. The number of hydrogen-bond acceptors (Lipinski definition) is 3. The van der Waals surface area contributed by atoms with Gasteiger partial charge in [-0.15, -0.1) is 0 Å². The van der Waals surface area contributed by atoms with Crippen molar-refractivity contribution in [2.45, 2.75) is 13.5 Å². The Morgan fingerprint density at radius 1 is 1.21 bits per heavy atom. The van der Waals surface area contributed by atoms with Crippen LogP contribution in [-0.4, -0.2) is 11.0 Å². The molecule has 1 amide bonds. The molecule has 0 aromatic heterocycles. The van der Waals surface area contributed by atoms with Gasteiger partial charge in [0, 0.05) is 12.1 Å². The first kappa shape index (κ1) is 17.4. The molecular weight excluding hydrogens is 318 g/mol. The molecular formula is C19H17N3OS. The second-order valence-electron chi connectivity index (χ2n) is 5.27. The van der Waals surface area contributed by atoms with Gasteiger partial charge in [-0.25, -0.2) is 0 Å². The molecule has 2 aromatic rings. The van der Waals surface area contributed by atoms with Crippen molar-refractivity contribution in [3.8, 4) is 17.2 Å². The Kier molecular flexibility index (Phi) is 5.83. The van der Waals surface area contributed by atoms with Crippen molar-refractivity contribution < 1.29 is 4.79 Å². The molecule has 0 aliphatic rings. The van der Waals surface area contributed by atoms with Gasteiger partial charge in [-0.2, -0.15) is 5.26 Å². The monoisotopic (exact) mass is 335 g/mol. The molecule has 2 aromatic carbocycles. The van der Waals surface area contributed by atoms with Crippen molar-refractivity contribution in [3.63, 3.8) is 0 Å². The van der Waals surface area contributed by atoms with E-state index in [1.807, 2.05) is 42.5 Å². The number of carbonyl (C=O) groups excluding carboxylic acids is 1. The number of thiocarbonyl (C=S) groups is 1. The maximum Gasteiger partial charge on any atom is 0.252 e. The van der Waals surface area contributed by atoms with Crippen LogP contribution in [0.2, 0.25) is 0 Å². The fourth-order valence-electron chi connectivity index (χ4n) is 2.07. The number of hydrogen-bond donors (Lipinski definition) is 2. The zero-order chi connectivity index (χ0) is 17.5. The summed E-state index contributed by atoms with van der Waals surface area (Å²) in [6.45, 7) is 5.67. The van der Waals surface area contributed by atoms with Gasteiger partial charge in [-0.05, 0) is 41.9 Å². The van der Waals surface area contributed by atoms with E-state index >= 15 is 0 Å². The minimum atomic E-state index is -0.295. The van der Waals surface area contributed by atoms with E-state index < -0.39 is 0 Å². The molecule has 0 unspecified atom stereocenters. The second kappa shape index (κ2) is 8.04. The summed E-state index contributed by atoms with van der Waals surface area (Å²) in [5.41, 5.74) is 3.95. The van der Waals surface area contributed by atoms with Crippen LogP contribution in [0.5, 0.6) is 0 Å². The number of carbonyl (C=O) groups is 1. The molecule has 24 heavy (non-hydrogen) atoms. The predicted molar refractivity (Wildman–Crippen MR) is 99.0 cm³/mol. The van der Waals surface area contributed by atoms with Gasteiger partial charge in [0.1, 0.15) is 0 Å². The van der Waals surface area contributed by atoms with Gasteiger partial charge in [0.15, 0.2) is 5.11 Å². The highest BCUT2D eigenvalue weighted by atomic mass is 32.1. The maximum atomic E-state index is 11.5. The topological polar surface area (TPSA) is 64.9 Å². The molecule has 5 heteroatoms. The highest BCUT2D eigenvalue weighted by Crippen LogP contribution is 2.23. The summed E-state index contributed by atoms with van der Waals surface area (Å²) < 4.78 is 0. The molecule has 120 valence electrons. The molecule has 0 aliphatic heterocycles. The molecule has 2 rings (SSSR count). The summed E-state index contributed by atoms with van der Waals surface area (Å²) in [6.07, 6.45) is 0. The Hall–Kier alpha value is -2.97. The van der Waals surface area contributed by atoms with Crippen LogP contribution in [-0.2, 0) is 11.3 Å². The Labute approximate surface area is 146 Å². The second-order valence-corrected chi connectivity index (χ2v) is 5.68. The van der Waals surface area contributed by atoms with E-state index in [4.69, 9.17) is 12.2 Å². The number of nitrogens with one attached hydrogen (secondary N) is 2. The molecule has 0 heterocycles. The highest BCUT2D eigenvalue weighted by molar-refractivity contribution is 7.80. The van der Waals surface area contributed by atoms with Crippen molar-refractivity contribution in [1.29, 1.82) is 5.26 Å². The average molecular weight is 335 g/mol. The third kappa shape index (κ3) is 4.51. The van der Waals surface area contributed by atoms with Crippen LogP contribution >= 0.6 is 12.2 Å². The molecule has 0 fully saturated rings. The maximum absolute atomic E-state index is 11.5. The zero-order valence-electron chi connectivity index (χ0n) is 13.3. The van der Waals surface area contributed by atoms with Gasteiger partial charge in [-0.3, -0.25) is 10.1 Å². The SMILES string of the molecule is C=C(C)C(=O)NC(=S)NCc1ccc(-c2ccccc2C#N)cc1. The van der Waals surface area contributed by atoms with Gasteiger partial charge < -0.3 is 5.32 Å². The van der Waals surface area contributed by atoms with E-state index in [1.165, 1.54) is 0 Å². The molecule has 0 saturated carbocycles. The van der Waals surface area contributed by atoms with Crippen LogP contribution in [0.25, 0.3) is 11.1 Å². The minimum absolute atomic E-state index is 0.266. The summed E-state index contributed by atoms with van der Waals surface area (Å²) >= 11 is 5.06. The minimum Gasteiger partial charge on any atom is -0.358 e. The van der Waals surface area contributed by atoms with Gasteiger partial charge >= 0.3 is 0 Å². The molecule has 0 radical (unpaired) electrons. The van der Waals surface area contributed by atoms with Crippen LogP contribution in [0.15, 0.2) is 60.7 Å². The Morgan fingerprint density at radius 3 is 2.50 bits per heavy atom. The van der Waals surface area contributed by atoms with Crippen LogP contribution in [0.4, 0.5) is 0 Å². The summed E-state index contributed by atoms with van der Waals surface area (Å²) in [5.74, 6) is -0.295. The lowest BCUT2D eigenvalue weighted by Gasteiger charge is -2.10. The largest absolute Gasteiger partial charge is 0.358 e. The van der Waals surface area contributed by atoms with E-state index in [2.05, 4.69) is 23.3 Å². The molecule has 0 bridgehead atoms. The Bertz CT molecular complexity index is 819. The Morgan fingerprint density at radius 2 is 1.88 bits per heavy atom. The molecule has 4 nitrogen and oxygen atoms in total. The number of rotatable bonds is 4. The lowest BCUT2D eigenvalue weighted by molar-refractivity contribution is -0.116. The summed E-state index contributed by atoms with van der Waals surface area (Å²) in [5, 5.41) is 15.0. The van der Waals surface area contributed by atoms with E-state index in [0.717, 1.165) is 16.7 Å². The van der Waals surface area contributed by atoms with Gasteiger partial charge in [-0.1, -0.05) is 49.0 Å². The summed E-state index contributed by atoms with van der Waals surface area (Å²) in [7, 11) is 0. The molecule has 0 spiro atoms. The number of nitriles is 1. The normalized spacial score (nSPS) is 9.67. The summed E-state index contributed by atoms with van der Waals surface area (Å²) in [4.78, 5) is 11.5. The molecule has 0 atom stereocenters. The summed E-state index contributed by atoms with van der Waals surface area (Å²) in [6, 6.07) is 17.5. The van der Waals surface area contributed by atoms with Gasteiger partial charge in [0.2, 0.25) is 0 Å². The average Bonchev–Trinajstić information content (AvgIpc) is 2.60. The van der Waals surface area contributed by atoms with Crippen LogP contribution in [0.1, 0.15) is 18.1 Å². The van der Waals surface area contributed by atoms with E-state index in [1.54, 1.807) is 13.0 Å². The van der Waals surface area contributed by atoms with Gasteiger partial charge in [0.05, 0.1) is 11.6 Å². The third-order valence-corrected chi connectivity index (χ3v) is 3.63. The predicted octanol–water partition coefficient (Wildman–Crippen LogP) is 3.29. The van der Waals surface area contributed by atoms with Gasteiger partial charge in [0.25, 0.3) is 5.91 Å². The fraction of sp³-hybridized carbons (Fsp3) is 0.105. The van der Waals surface area contributed by atoms with Crippen molar-refractivity contribution >= 4 is 23.2 Å². The van der Waals surface area contributed by atoms with Crippen molar-refractivity contribution in [3.05, 3.63) is 71.8 Å². The quantitative estimate of drug-likeness (QED) is 0.665. The van der Waals surface area contributed by atoms with Crippen LogP contribution < -0.4 is 10.6 Å². The Balaban J connectivity index is 2.00. The van der Waals surface area contributed by atoms with Crippen LogP contribution in [0.3, 0.4) is 0 Å². The molecule has 0 saturated heterocycles. The number of nitrogens with zero attached hydrogens (tertiary/aromatic N) is 1.